The van der Waals surface area contributed by atoms with Gasteiger partial charge in [-0.2, -0.15) is 0 Å². The minimum atomic E-state index is -1.67. The number of carbonyl (C=O) groups is 1. The first-order chi connectivity index (χ1) is 13.8. The summed E-state index contributed by atoms with van der Waals surface area (Å²) >= 11 is 0. The molecule has 0 aliphatic rings. The number of nitrogens with zero attached hydrogens (tertiary/aromatic N) is 1. The normalized spacial score (nSPS) is 13.8. The maximum absolute atomic E-state index is 14.3. The van der Waals surface area contributed by atoms with Crippen molar-refractivity contribution in [1.82, 2.24) is 0 Å². The highest BCUT2D eigenvalue weighted by Gasteiger charge is 2.42. The minimum absolute atomic E-state index is 0.0618. The fourth-order valence-corrected chi connectivity index (χ4v) is 2.59. The van der Waals surface area contributed by atoms with E-state index in [1.54, 1.807) is 45.0 Å². The molecule has 0 saturated heterocycles. The van der Waals surface area contributed by atoms with Crippen molar-refractivity contribution in [3.63, 3.8) is 0 Å². The highest BCUT2D eigenvalue weighted by molar-refractivity contribution is 5.87. The van der Waals surface area contributed by atoms with Gasteiger partial charge in [-0.25, -0.2) is 9.18 Å². The number of hydrogen-bond acceptors (Lipinski definition) is 5. The van der Waals surface area contributed by atoms with E-state index in [1.807, 2.05) is 30.3 Å². The summed E-state index contributed by atoms with van der Waals surface area (Å²) < 4.78 is 30.1. The first-order valence-electron chi connectivity index (χ1n) is 9.38. The molecule has 0 saturated carbocycles. The average molecular weight is 401 g/mol. The lowest BCUT2D eigenvalue weighted by Crippen LogP contribution is -2.46. The summed E-state index contributed by atoms with van der Waals surface area (Å²) in [5.74, 6) is -0.0779. The van der Waals surface area contributed by atoms with Gasteiger partial charge in [0.05, 0.1) is 0 Å². The summed E-state index contributed by atoms with van der Waals surface area (Å²) in [7, 11) is 1.54. The van der Waals surface area contributed by atoms with Crippen molar-refractivity contribution in [2.45, 2.75) is 38.3 Å². The zero-order valence-electron chi connectivity index (χ0n) is 17.4. The van der Waals surface area contributed by atoms with E-state index in [-0.39, 0.29) is 13.2 Å². The lowest BCUT2D eigenvalue weighted by molar-refractivity contribution is -0.162. The summed E-state index contributed by atoms with van der Waals surface area (Å²) in [6, 6.07) is 16.3. The molecule has 1 unspecified atom stereocenters. The van der Waals surface area contributed by atoms with Crippen LogP contribution in [0.4, 0.5) is 4.39 Å². The molecule has 6 heteroatoms. The molecule has 0 amide bonds. The van der Waals surface area contributed by atoms with Crippen LogP contribution in [0.1, 0.15) is 31.9 Å². The van der Waals surface area contributed by atoms with Crippen LogP contribution in [0.25, 0.3) is 0 Å². The standard InChI is InChI=1S/C23H28FNO4/c1-22(2,3)29-21(26)23(16-24,25-15-19-8-6-5-7-9-19)14-18-10-12-20(13-11-18)28-17-27-4/h5-13,15H,14,16-17H2,1-4H3/b25-15+. The number of carbonyl (C=O) groups excluding carboxylic acids is 1. The molecule has 0 aliphatic carbocycles. The lowest BCUT2D eigenvalue weighted by atomic mass is 9.92. The highest BCUT2D eigenvalue weighted by Crippen LogP contribution is 2.25. The fraction of sp³-hybridized carbons (Fsp3) is 0.391. The van der Waals surface area contributed by atoms with Crippen molar-refractivity contribution in [3.8, 4) is 5.75 Å². The molecule has 156 valence electrons. The molecule has 0 spiro atoms. The van der Waals surface area contributed by atoms with E-state index in [0.29, 0.717) is 5.75 Å². The van der Waals surface area contributed by atoms with Gasteiger partial charge in [0.15, 0.2) is 12.3 Å². The number of aliphatic imine (C=N–C) groups is 1. The minimum Gasteiger partial charge on any atom is -0.468 e. The van der Waals surface area contributed by atoms with Crippen LogP contribution in [0, 0.1) is 0 Å². The Morgan fingerprint density at radius 1 is 1.07 bits per heavy atom. The maximum atomic E-state index is 14.3. The Balaban J connectivity index is 2.32. The SMILES string of the molecule is COCOc1ccc(CC(CF)(/N=C/c2ccccc2)C(=O)OC(C)(C)C)cc1. The fourth-order valence-electron chi connectivity index (χ4n) is 2.59. The molecule has 0 aliphatic heterocycles. The Kier molecular flexibility index (Phi) is 7.91. The third-order valence-electron chi connectivity index (χ3n) is 4.02. The van der Waals surface area contributed by atoms with E-state index in [0.717, 1.165) is 11.1 Å². The van der Waals surface area contributed by atoms with Crippen LogP contribution < -0.4 is 4.74 Å². The number of halogens is 1. The van der Waals surface area contributed by atoms with Gasteiger partial charge in [0.1, 0.15) is 18.0 Å². The van der Waals surface area contributed by atoms with Crippen molar-refractivity contribution in [2.24, 2.45) is 4.99 Å². The number of rotatable bonds is 9. The smallest absolute Gasteiger partial charge is 0.337 e. The van der Waals surface area contributed by atoms with E-state index in [1.165, 1.54) is 13.3 Å². The number of ether oxygens (including phenoxy) is 3. The van der Waals surface area contributed by atoms with Crippen LogP contribution in [-0.4, -0.2) is 43.9 Å². The lowest BCUT2D eigenvalue weighted by Gasteiger charge is -2.29. The van der Waals surface area contributed by atoms with E-state index in [9.17, 15) is 9.18 Å². The molecule has 1 atom stereocenters. The summed E-state index contributed by atoms with van der Waals surface area (Å²) in [6.07, 6.45) is 1.58. The zero-order chi connectivity index (χ0) is 21.3. The van der Waals surface area contributed by atoms with Crippen LogP contribution in [0.3, 0.4) is 0 Å². The molecule has 29 heavy (non-hydrogen) atoms. The quantitative estimate of drug-likeness (QED) is 0.355. The molecular weight excluding hydrogens is 373 g/mol. The molecular formula is C23H28FNO4. The molecule has 0 N–H and O–H groups in total. The number of benzene rings is 2. The van der Waals surface area contributed by atoms with Gasteiger partial charge in [-0.05, 0) is 44.0 Å². The molecule has 5 nitrogen and oxygen atoms in total. The van der Waals surface area contributed by atoms with Crippen molar-refractivity contribution in [3.05, 3.63) is 65.7 Å². The molecule has 0 fully saturated rings. The van der Waals surface area contributed by atoms with E-state index in [2.05, 4.69) is 4.99 Å². The van der Waals surface area contributed by atoms with Crippen LogP contribution in [0.15, 0.2) is 59.6 Å². The highest BCUT2D eigenvalue weighted by atomic mass is 19.1. The topological polar surface area (TPSA) is 57.1 Å². The van der Waals surface area contributed by atoms with Crippen LogP contribution in [0.2, 0.25) is 0 Å². The monoisotopic (exact) mass is 401 g/mol. The van der Waals surface area contributed by atoms with E-state index < -0.39 is 23.8 Å². The summed E-state index contributed by atoms with van der Waals surface area (Å²) in [6.45, 7) is 4.39. The first kappa shape index (κ1) is 22.6. The van der Waals surface area contributed by atoms with Crippen LogP contribution in [-0.2, 0) is 20.7 Å². The molecule has 0 radical (unpaired) electrons. The predicted octanol–water partition coefficient (Wildman–Crippen LogP) is 4.38. The van der Waals surface area contributed by atoms with Gasteiger partial charge in [-0.15, -0.1) is 0 Å². The molecule has 2 aromatic rings. The van der Waals surface area contributed by atoms with Crippen molar-refractivity contribution >= 4 is 12.2 Å². The molecule has 2 rings (SSSR count). The second-order valence-electron chi connectivity index (χ2n) is 7.71. The zero-order valence-corrected chi connectivity index (χ0v) is 17.4. The largest absolute Gasteiger partial charge is 0.468 e. The first-order valence-corrected chi connectivity index (χ1v) is 9.38. The Morgan fingerprint density at radius 2 is 1.72 bits per heavy atom. The number of hydrogen-bond donors (Lipinski definition) is 0. The van der Waals surface area contributed by atoms with Gasteiger partial charge in [-0.1, -0.05) is 42.5 Å². The van der Waals surface area contributed by atoms with E-state index in [4.69, 9.17) is 14.2 Å². The summed E-state index contributed by atoms with van der Waals surface area (Å²) in [5, 5.41) is 0. The number of methoxy groups -OCH3 is 1. The van der Waals surface area contributed by atoms with Crippen molar-refractivity contribution < 1.29 is 23.4 Å². The van der Waals surface area contributed by atoms with Gasteiger partial charge in [-0.3, -0.25) is 4.99 Å². The number of alkyl halides is 1. The average Bonchev–Trinajstić information content (AvgIpc) is 2.70. The number of esters is 1. The van der Waals surface area contributed by atoms with Gasteiger partial charge >= 0.3 is 5.97 Å². The maximum Gasteiger partial charge on any atom is 0.337 e. The van der Waals surface area contributed by atoms with Gasteiger partial charge in [0.25, 0.3) is 0 Å². The Morgan fingerprint density at radius 3 is 2.28 bits per heavy atom. The predicted molar refractivity (Wildman–Crippen MR) is 111 cm³/mol. The Hall–Kier alpha value is -2.73. The molecule has 0 heterocycles. The van der Waals surface area contributed by atoms with Gasteiger partial charge in [0.2, 0.25) is 0 Å². The molecule has 0 aromatic heterocycles. The van der Waals surface area contributed by atoms with Gasteiger partial charge in [0, 0.05) is 19.7 Å². The Bertz CT molecular complexity index is 800. The van der Waals surface area contributed by atoms with Crippen molar-refractivity contribution in [1.29, 1.82) is 0 Å². The van der Waals surface area contributed by atoms with Crippen LogP contribution in [0.5, 0.6) is 5.75 Å². The Labute approximate surface area is 171 Å². The second kappa shape index (κ2) is 10.2. The second-order valence-corrected chi connectivity index (χ2v) is 7.71. The summed E-state index contributed by atoms with van der Waals surface area (Å²) in [4.78, 5) is 17.3. The van der Waals surface area contributed by atoms with Crippen molar-refractivity contribution in [2.75, 3.05) is 20.6 Å². The summed E-state index contributed by atoms with van der Waals surface area (Å²) in [5.41, 5.74) is -0.906. The third kappa shape index (κ3) is 6.98. The molecule has 2 aromatic carbocycles. The van der Waals surface area contributed by atoms with Gasteiger partial charge < -0.3 is 14.2 Å². The third-order valence-corrected chi connectivity index (χ3v) is 4.02. The molecule has 0 bridgehead atoms. The van der Waals surface area contributed by atoms with Crippen LogP contribution >= 0.6 is 0 Å². The van der Waals surface area contributed by atoms with E-state index >= 15 is 0 Å².